The van der Waals surface area contributed by atoms with E-state index in [0.717, 1.165) is 5.56 Å². The summed E-state index contributed by atoms with van der Waals surface area (Å²) in [6.07, 6.45) is 0.456. The number of halogens is 1. The van der Waals surface area contributed by atoms with Gasteiger partial charge >= 0.3 is 5.97 Å². The normalized spacial score (nSPS) is 13.9. The smallest absolute Gasteiger partial charge is 0.307 e. The maximum Gasteiger partial charge on any atom is 0.307 e. The molecule has 20 heavy (non-hydrogen) atoms. The maximum absolute atomic E-state index is 10.9. The molecule has 0 radical (unpaired) electrons. The highest BCUT2D eigenvalue weighted by Crippen LogP contribution is 2.24. The van der Waals surface area contributed by atoms with Gasteiger partial charge in [-0.25, -0.2) is 0 Å². The van der Waals surface area contributed by atoms with Crippen LogP contribution in [-0.2, 0) is 11.2 Å². The molecule has 0 aliphatic rings. The van der Waals surface area contributed by atoms with E-state index in [1.807, 2.05) is 18.2 Å². The molecule has 1 aromatic carbocycles. The molecule has 106 valence electrons. The second-order valence-electron chi connectivity index (χ2n) is 4.73. The van der Waals surface area contributed by atoms with Crippen LogP contribution in [0.2, 0.25) is 5.02 Å². The molecule has 0 amide bonds. The Morgan fingerprint density at radius 1 is 1.40 bits per heavy atom. The maximum atomic E-state index is 10.9. The summed E-state index contributed by atoms with van der Waals surface area (Å²) in [4.78, 5) is 15.2. The van der Waals surface area contributed by atoms with E-state index in [0.29, 0.717) is 23.2 Å². The van der Waals surface area contributed by atoms with Gasteiger partial charge in [-0.15, -0.1) is 0 Å². The zero-order valence-electron chi connectivity index (χ0n) is 11.2. The van der Waals surface area contributed by atoms with E-state index in [2.05, 4.69) is 10.1 Å². The molecule has 0 saturated heterocycles. The number of rotatable bonds is 5. The van der Waals surface area contributed by atoms with Gasteiger partial charge in [-0.1, -0.05) is 48.8 Å². The van der Waals surface area contributed by atoms with Crippen molar-refractivity contribution in [2.45, 2.75) is 26.2 Å². The van der Waals surface area contributed by atoms with E-state index in [1.54, 1.807) is 19.9 Å². The highest BCUT2D eigenvalue weighted by molar-refractivity contribution is 6.31. The molecule has 0 fully saturated rings. The Morgan fingerprint density at radius 3 is 2.75 bits per heavy atom. The van der Waals surface area contributed by atoms with Crippen molar-refractivity contribution in [3.05, 3.63) is 46.6 Å². The topological polar surface area (TPSA) is 76.2 Å². The third-order valence-corrected chi connectivity index (χ3v) is 3.69. The third kappa shape index (κ3) is 3.17. The van der Waals surface area contributed by atoms with E-state index in [4.69, 9.17) is 21.2 Å². The molecule has 0 spiro atoms. The van der Waals surface area contributed by atoms with Gasteiger partial charge in [-0.3, -0.25) is 4.79 Å². The average molecular weight is 295 g/mol. The molecule has 0 aliphatic heterocycles. The number of carboxylic acid groups (broad SMARTS) is 1. The van der Waals surface area contributed by atoms with Gasteiger partial charge in [-0.2, -0.15) is 4.98 Å². The lowest BCUT2D eigenvalue weighted by Crippen LogP contribution is -2.16. The highest BCUT2D eigenvalue weighted by atomic mass is 35.5. The van der Waals surface area contributed by atoms with Crippen molar-refractivity contribution in [3.63, 3.8) is 0 Å². The van der Waals surface area contributed by atoms with Crippen LogP contribution in [0.1, 0.15) is 37.0 Å². The van der Waals surface area contributed by atoms with E-state index < -0.39 is 11.9 Å². The number of benzene rings is 1. The van der Waals surface area contributed by atoms with Gasteiger partial charge in [0, 0.05) is 17.4 Å². The second-order valence-corrected chi connectivity index (χ2v) is 5.14. The fraction of sp³-hybridized carbons (Fsp3) is 0.357. The molecule has 2 aromatic rings. The summed E-state index contributed by atoms with van der Waals surface area (Å²) in [5.74, 6) is -0.966. The van der Waals surface area contributed by atoms with Crippen LogP contribution in [-0.4, -0.2) is 21.2 Å². The molecule has 1 heterocycles. The molecule has 0 aliphatic carbocycles. The van der Waals surface area contributed by atoms with Gasteiger partial charge < -0.3 is 9.63 Å². The van der Waals surface area contributed by atoms with Crippen LogP contribution in [0, 0.1) is 5.92 Å². The lowest BCUT2D eigenvalue weighted by atomic mass is 9.96. The SMILES string of the molecule is CC(C(=O)O)C(C)c1nc(Cc2ccccc2Cl)no1. The van der Waals surface area contributed by atoms with Crippen molar-refractivity contribution in [2.24, 2.45) is 5.92 Å². The molecule has 2 atom stereocenters. The minimum atomic E-state index is -0.886. The van der Waals surface area contributed by atoms with E-state index in [-0.39, 0.29) is 5.92 Å². The predicted octanol–water partition coefficient (Wildman–Crippen LogP) is 3.14. The lowest BCUT2D eigenvalue weighted by molar-refractivity contribution is -0.141. The first-order valence-electron chi connectivity index (χ1n) is 6.27. The zero-order chi connectivity index (χ0) is 14.7. The largest absolute Gasteiger partial charge is 0.481 e. The van der Waals surface area contributed by atoms with Crippen molar-refractivity contribution in [1.82, 2.24) is 10.1 Å². The van der Waals surface area contributed by atoms with Crippen molar-refractivity contribution < 1.29 is 14.4 Å². The molecule has 1 aromatic heterocycles. The molecule has 2 unspecified atom stereocenters. The molecule has 0 bridgehead atoms. The van der Waals surface area contributed by atoms with Gasteiger partial charge in [0.1, 0.15) is 0 Å². The number of aliphatic carboxylic acids is 1. The summed E-state index contributed by atoms with van der Waals surface area (Å²) in [6.45, 7) is 3.37. The first-order valence-corrected chi connectivity index (χ1v) is 6.65. The monoisotopic (exact) mass is 294 g/mol. The van der Waals surface area contributed by atoms with Crippen molar-refractivity contribution in [3.8, 4) is 0 Å². The molecule has 6 heteroatoms. The van der Waals surface area contributed by atoms with Gasteiger partial charge in [0.2, 0.25) is 5.89 Å². The van der Waals surface area contributed by atoms with Crippen LogP contribution in [0.25, 0.3) is 0 Å². The van der Waals surface area contributed by atoms with Gasteiger partial charge in [0.25, 0.3) is 0 Å². The predicted molar refractivity (Wildman–Crippen MR) is 73.8 cm³/mol. The summed E-state index contributed by atoms with van der Waals surface area (Å²) in [5, 5.41) is 13.5. The van der Waals surface area contributed by atoms with Crippen molar-refractivity contribution >= 4 is 17.6 Å². The minimum absolute atomic E-state index is 0.333. The summed E-state index contributed by atoms with van der Waals surface area (Å²) < 4.78 is 5.14. The Morgan fingerprint density at radius 2 is 2.10 bits per heavy atom. The van der Waals surface area contributed by atoms with Gasteiger partial charge in [-0.05, 0) is 11.6 Å². The van der Waals surface area contributed by atoms with E-state index >= 15 is 0 Å². The van der Waals surface area contributed by atoms with Crippen molar-refractivity contribution in [1.29, 1.82) is 0 Å². The highest BCUT2D eigenvalue weighted by Gasteiger charge is 2.26. The summed E-state index contributed by atoms with van der Waals surface area (Å²) in [5.41, 5.74) is 0.903. The number of nitrogens with zero attached hydrogens (tertiary/aromatic N) is 2. The Balaban J connectivity index is 2.13. The number of aromatic nitrogens is 2. The Hall–Kier alpha value is -1.88. The van der Waals surface area contributed by atoms with E-state index in [9.17, 15) is 4.79 Å². The quantitative estimate of drug-likeness (QED) is 0.916. The van der Waals surface area contributed by atoms with Crippen LogP contribution in [0.3, 0.4) is 0 Å². The standard InChI is InChI=1S/C14H15ClN2O3/c1-8(9(2)14(18)19)13-16-12(17-20-13)7-10-5-3-4-6-11(10)15/h3-6,8-9H,7H2,1-2H3,(H,18,19). The molecule has 2 rings (SSSR count). The summed E-state index contributed by atoms with van der Waals surface area (Å²) >= 11 is 6.07. The fourth-order valence-electron chi connectivity index (χ4n) is 1.76. The van der Waals surface area contributed by atoms with Crippen LogP contribution < -0.4 is 0 Å². The van der Waals surface area contributed by atoms with Crippen LogP contribution >= 0.6 is 11.6 Å². The summed E-state index contributed by atoms with van der Waals surface area (Å²) in [6, 6.07) is 7.43. The Labute approximate surface area is 121 Å². The van der Waals surface area contributed by atoms with Crippen LogP contribution in [0.4, 0.5) is 0 Å². The van der Waals surface area contributed by atoms with Crippen LogP contribution in [0.5, 0.6) is 0 Å². The Bertz CT molecular complexity index is 612. The number of hydrogen-bond acceptors (Lipinski definition) is 4. The molecule has 5 nitrogen and oxygen atoms in total. The number of carboxylic acids is 1. The Kier molecular flexibility index (Phi) is 4.39. The zero-order valence-corrected chi connectivity index (χ0v) is 12.0. The fourth-order valence-corrected chi connectivity index (χ4v) is 1.97. The number of hydrogen-bond donors (Lipinski definition) is 1. The first kappa shape index (κ1) is 14.5. The van der Waals surface area contributed by atoms with Gasteiger partial charge in [0.05, 0.1) is 5.92 Å². The number of carbonyl (C=O) groups is 1. The molecular weight excluding hydrogens is 280 g/mol. The van der Waals surface area contributed by atoms with Crippen molar-refractivity contribution in [2.75, 3.05) is 0 Å². The average Bonchev–Trinajstić information content (AvgIpc) is 2.88. The lowest BCUT2D eigenvalue weighted by Gasteiger charge is -2.10. The molecular formula is C14H15ClN2O3. The summed E-state index contributed by atoms with van der Waals surface area (Å²) in [7, 11) is 0. The van der Waals surface area contributed by atoms with Gasteiger partial charge in [0.15, 0.2) is 5.82 Å². The minimum Gasteiger partial charge on any atom is -0.481 e. The second kappa shape index (κ2) is 6.05. The molecule has 1 N–H and O–H groups in total. The van der Waals surface area contributed by atoms with E-state index in [1.165, 1.54) is 0 Å². The first-order chi connectivity index (χ1) is 9.49. The van der Waals surface area contributed by atoms with Crippen LogP contribution in [0.15, 0.2) is 28.8 Å². The third-order valence-electron chi connectivity index (χ3n) is 3.32. The molecule has 0 saturated carbocycles.